The Morgan fingerprint density at radius 2 is 0.831 bits per heavy atom. The molecule has 2 heterocycles. The fraction of sp³-hybridized carbons (Fsp3) is 0.0484. The molecule has 1 atom stereocenters. The molecule has 3 nitrogen and oxygen atoms in total. The smallest absolute Gasteiger partial charge is 0.161 e. The van der Waals surface area contributed by atoms with Crippen LogP contribution in [0.4, 0.5) is 0 Å². The van der Waals surface area contributed by atoms with Crippen LogP contribution in [0.1, 0.15) is 29.0 Å². The lowest BCUT2D eigenvalue weighted by Crippen LogP contribution is -2.04. The fourth-order valence-electron chi connectivity index (χ4n) is 10.0. The standard InChI is InChI=1S/C62H43N3/c1-4-16-41(17-5-1)43-28-32-45(33-29-43)58-40-59(46-34-30-44(31-35-46)42-18-6-2-7-19-42)65-62(64-58)54-38-36-51(48-22-10-11-24-50(48)54)52-37-39-56-60(53-25-13-12-23-49(52)53)55-26-14-15-27-57(55)63-61(56)47-20-8-3-9-21-47/h1-36,38,40,52H,37,39H2. The molecule has 0 bridgehead atoms. The number of aromatic nitrogens is 3. The molecule has 1 aliphatic rings. The number of fused-ring (bicyclic) bond motifs is 6. The Morgan fingerprint density at radius 3 is 1.46 bits per heavy atom. The third kappa shape index (κ3) is 7.08. The van der Waals surface area contributed by atoms with Crippen molar-refractivity contribution in [3.63, 3.8) is 0 Å². The van der Waals surface area contributed by atoms with Crippen molar-refractivity contribution >= 4 is 21.7 Å². The molecule has 1 unspecified atom stereocenters. The summed E-state index contributed by atoms with van der Waals surface area (Å²) >= 11 is 0. The van der Waals surface area contributed by atoms with Crippen molar-refractivity contribution in [3.05, 3.63) is 247 Å². The second kappa shape index (κ2) is 16.5. The van der Waals surface area contributed by atoms with Gasteiger partial charge in [-0.3, -0.25) is 0 Å². The van der Waals surface area contributed by atoms with E-state index in [1.165, 1.54) is 60.8 Å². The topological polar surface area (TPSA) is 38.7 Å². The number of rotatable bonds is 7. The van der Waals surface area contributed by atoms with Gasteiger partial charge in [0, 0.05) is 33.6 Å². The predicted molar refractivity (Wildman–Crippen MR) is 269 cm³/mol. The van der Waals surface area contributed by atoms with Crippen LogP contribution in [0.5, 0.6) is 0 Å². The number of benzene rings is 9. The van der Waals surface area contributed by atoms with Crippen molar-refractivity contribution in [3.8, 4) is 78.5 Å². The van der Waals surface area contributed by atoms with Crippen LogP contribution in [-0.4, -0.2) is 15.0 Å². The number of pyridine rings is 1. The van der Waals surface area contributed by atoms with Crippen LogP contribution in [0.15, 0.2) is 231 Å². The van der Waals surface area contributed by atoms with Gasteiger partial charge in [-0.25, -0.2) is 15.0 Å². The van der Waals surface area contributed by atoms with E-state index in [4.69, 9.17) is 15.0 Å². The van der Waals surface area contributed by atoms with Crippen molar-refractivity contribution in [2.75, 3.05) is 0 Å². The molecule has 11 aromatic rings. The van der Waals surface area contributed by atoms with Gasteiger partial charge in [0.25, 0.3) is 0 Å². The highest BCUT2D eigenvalue weighted by molar-refractivity contribution is 6.02. The molecule has 0 saturated heterocycles. The van der Waals surface area contributed by atoms with Crippen LogP contribution < -0.4 is 0 Å². The zero-order chi connectivity index (χ0) is 43.1. The van der Waals surface area contributed by atoms with E-state index in [9.17, 15) is 0 Å². The lowest BCUT2D eigenvalue weighted by molar-refractivity contribution is 0.730. The zero-order valence-corrected chi connectivity index (χ0v) is 35.8. The number of nitrogens with zero attached hydrogens (tertiary/aromatic N) is 3. The summed E-state index contributed by atoms with van der Waals surface area (Å²) in [5, 5.41) is 3.56. The highest BCUT2D eigenvalue weighted by atomic mass is 14.9. The molecule has 306 valence electrons. The van der Waals surface area contributed by atoms with Gasteiger partial charge in [-0.1, -0.05) is 218 Å². The molecule has 0 N–H and O–H groups in total. The Bertz CT molecular complexity index is 3410. The van der Waals surface area contributed by atoms with E-state index in [0.717, 1.165) is 63.1 Å². The van der Waals surface area contributed by atoms with Crippen LogP contribution >= 0.6 is 0 Å². The maximum Gasteiger partial charge on any atom is 0.161 e. The molecule has 2 aromatic heterocycles. The molecule has 0 spiro atoms. The van der Waals surface area contributed by atoms with Crippen LogP contribution in [0.25, 0.3) is 100 Å². The molecule has 0 fully saturated rings. The van der Waals surface area contributed by atoms with Crippen LogP contribution in [0.3, 0.4) is 0 Å². The lowest BCUT2D eigenvalue weighted by atomic mass is 9.82. The zero-order valence-electron chi connectivity index (χ0n) is 35.8. The van der Waals surface area contributed by atoms with Crippen molar-refractivity contribution in [1.82, 2.24) is 15.0 Å². The van der Waals surface area contributed by atoms with Crippen LogP contribution in [0.2, 0.25) is 0 Å². The molecule has 1 aliphatic carbocycles. The van der Waals surface area contributed by atoms with Gasteiger partial charge in [-0.2, -0.15) is 0 Å². The van der Waals surface area contributed by atoms with Crippen LogP contribution in [0, 0.1) is 0 Å². The molecular formula is C62H43N3. The van der Waals surface area contributed by atoms with E-state index < -0.39 is 0 Å². The van der Waals surface area contributed by atoms with E-state index in [2.05, 4.69) is 231 Å². The number of para-hydroxylation sites is 1. The van der Waals surface area contributed by atoms with E-state index in [0.29, 0.717) is 5.82 Å². The summed E-state index contributed by atoms with van der Waals surface area (Å²) in [6.07, 6.45) is 1.84. The summed E-state index contributed by atoms with van der Waals surface area (Å²) in [5.41, 5.74) is 19.4. The fourth-order valence-corrected chi connectivity index (χ4v) is 10.0. The van der Waals surface area contributed by atoms with Gasteiger partial charge in [0.1, 0.15) is 0 Å². The SMILES string of the molecule is c1ccc(-c2ccc(-c3cc(-c4ccc(-c5ccccc5)cc4)nc(-c4ccc(C5CCc6c(-c7ccccc7)nc7ccccc7c6-c6ccccc65)c5ccccc45)n3)cc2)cc1. The summed E-state index contributed by atoms with van der Waals surface area (Å²) < 4.78 is 0. The highest BCUT2D eigenvalue weighted by Gasteiger charge is 2.29. The number of hydrogen-bond acceptors (Lipinski definition) is 3. The van der Waals surface area contributed by atoms with Gasteiger partial charge >= 0.3 is 0 Å². The van der Waals surface area contributed by atoms with Crippen molar-refractivity contribution in [2.24, 2.45) is 0 Å². The van der Waals surface area contributed by atoms with E-state index in [1.54, 1.807) is 0 Å². The van der Waals surface area contributed by atoms with E-state index in [-0.39, 0.29) is 5.92 Å². The Balaban J connectivity index is 0.998. The maximum atomic E-state index is 5.39. The molecule has 0 amide bonds. The largest absolute Gasteiger partial charge is 0.247 e. The molecule has 0 aliphatic heterocycles. The minimum absolute atomic E-state index is 0.147. The van der Waals surface area contributed by atoms with Gasteiger partial charge in [0.2, 0.25) is 0 Å². The minimum atomic E-state index is 0.147. The average Bonchev–Trinajstić information content (AvgIpc) is 3.56. The Hall–Kier alpha value is -8.27. The first-order valence-electron chi connectivity index (χ1n) is 22.5. The second-order valence-electron chi connectivity index (χ2n) is 17.0. The minimum Gasteiger partial charge on any atom is -0.247 e. The summed E-state index contributed by atoms with van der Waals surface area (Å²) in [7, 11) is 0. The third-order valence-electron chi connectivity index (χ3n) is 13.2. The first-order valence-corrected chi connectivity index (χ1v) is 22.5. The summed E-state index contributed by atoms with van der Waals surface area (Å²) in [6, 6.07) is 82.5. The molecule has 65 heavy (non-hydrogen) atoms. The normalized spacial score (nSPS) is 13.3. The third-order valence-corrected chi connectivity index (χ3v) is 13.2. The molecule has 12 rings (SSSR count). The van der Waals surface area contributed by atoms with Gasteiger partial charge in [0.05, 0.1) is 22.6 Å². The average molecular weight is 830 g/mol. The van der Waals surface area contributed by atoms with Gasteiger partial charge in [-0.05, 0) is 85.8 Å². The van der Waals surface area contributed by atoms with Gasteiger partial charge in [-0.15, -0.1) is 0 Å². The van der Waals surface area contributed by atoms with Crippen molar-refractivity contribution in [2.45, 2.75) is 18.8 Å². The van der Waals surface area contributed by atoms with Crippen molar-refractivity contribution in [1.29, 1.82) is 0 Å². The van der Waals surface area contributed by atoms with Gasteiger partial charge in [0.15, 0.2) is 5.82 Å². The van der Waals surface area contributed by atoms with E-state index in [1.807, 2.05) is 0 Å². The molecular weight excluding hydrogens is 787 g/mol. The quantitative estimate of drug-likeness (QED) is 0.161. The first kappa shape index (κ1) is 38.4. The maximum absolute atomic E-state index is 5.39. The predicted octanol–water partition coefficient (Wildman–Crippen LogP) is 15.9. The van der Waals surface area contributed by atoms with E-state index >= 15 is 0 Å². The monoisotopic (exact) mass is 829 g/mol. The first-order chi connectivity index (χ1) is 32.2. The molecule has 3 heteroatoms. The number of hydrogen-bond donors (Lipinski definition) is 0. The highest BCUT2D eigenvalue weighted by Crippen LogP contribution is 2.48. The Kier molecular flexibility index (Phi) is 9.72. The molecule has 0 saturated carbocycles. The Labute approximate surface area is 379 Å². The summed E-state index contributed by atoms with van der Waals surface area (Å²) in [4.78, 5) is 16.1. The molecule has 9 aromatic carbocycles. The van der Waals surface area contributed by atoms with Crippen LogP contribution in [-0.2, 0) is 6.42 Å². The summed E-state index contributed by atoms with van der Waals surface area (Å²) in [5.74, 6) is 0.854. The van der Waals surface area contributed by atoms with Crippen molar-refractivity contribution < 1.29 is 0 Å². The van der Waals surface area contributed by atoms with Gasteiger partial charge < -0.3 is 0 Å². The Morgan fingerprint density at radius 1 is 0.338 bits per heavy atom. The molecule has 0 radical (unpaired) electrons. The lowest BCUT2D eigenvalue weighted by Gasteiger charge is -2.22. The summed E-state index contributed by atoms with van der Waals surface area (Å²) in [6.45, 7) is 0. The second-order valence-corrected chi connectivity index (χ2v) is 17.0.